The number of aryl methyl sites for hydroxylation is 1. The molecule has 17 heavy (non-hydrogen) atoms. The zero-order valence-electron chi connectivity index (χ0n) is 10.6. The first kappa shape index (κ1) is 13.7. The molecule has 0 bridgehead atoms. The van der Waals surface area contributed by atoms with Gasteiger partial charge in [-0.2, -0.15) is 0 Å². The molecule has 0 radical (unpaired) electrons. The molecule has 0 aromatic heterocycles. The van der Waals surface area contributed by atoms with Gasteiger partial charge >= 0.3 is 0 Å². The predicted octanol–water partition coefficient (Wildman–Crippen LogP) is 2.57. The lowest BCUT2D eigenvalue weighted by atomic mass is 9.97. The summed E-state index contributed by atoms with van der Waals surface area (Å²) in [7, 11) is 0.306. The molecule has 2 rings (SSSR count). The Morgan fingerprint density at radius 3 is 2.12 bits per heavy atom. The van der Waals surface area contributed by atoms with E-state index < -0.39 is 0 Å². The van der Waals surface area contributed by atoms with Gasteiger partial charge in [-0.25, -0.2) is 0 Å². The number of hydrogen-bond donors (Lipinski definition) is 1. The molecule has 0 unspecified atom stereocenters. The first-order valence-electron chi connectivity index (χ1n) is 6.00. The van der Waals surface area contributed by atoms with Crippen molar-refractivity contribution in [2.75, 3.05) is 0 Å². The third-order valence-corrected chi connectivity index (χ3v) is 2.62. The number of rotatable bonds is 3. The van der Waals surface area contributed by atoms with Crippen LogP contribution in [-0.2, 0) is 6.42 Å². The molecule has 0 aliphatic carbocycles. The van der Waals surface area contributed by atoms with Crippen molar-refractivity contribution in [1.82, 2.24) is 0 Å². The lowest BCUT2D eigenvalue weighted by Gasteiger charge is -2.08. The Labute approximate surface area is 107 Å². The molecule has 0 saturated heterocycles. The molecule has 2 heteroatoms. The summed E-state index contributed by atoms with van der Waals surface area (Å²) in [4.78, 5) is 7.14. The topological polar surface area (TPSA) is 20.2 Å². The molecule has 0 fully saturated rings. The van der Waals surface area contributed by atoms with Crippen molar-refractivity contribution in [3.8, 4) is 11.1 Å². The van der Waals surface area contributed by atoms with Crippen molar-refractivity contribution < 1.29 is 4.80 Å². The van der Waals surface area contributed by atoms with E-state index in [9.17, 15) is 0 Å². The van der Waals surface area contributed by atoms with E-state index >= 15 is 0 Å². The summed E-state index contributed by atoms with van der Waals surface area (Å²) in [6.07, 6.45) is 2.36. The van der Waals surface area contributed by atoms with Crippen LogP contribution in [0, 0.1) is 0 Å². The van der Waals surface area contributed by atoms with Gasteiger partial charge in [0.2, 0.25) is 0 Å². The van der Waals surface area contributed by atoms with E-state index in [1.807, 2.05) is 0 Å². The largest absolute Gasteiger partial charge is 0.442 e. The molecule has 2 aromatic rings. The lowest BCUT2D eigenvalue weighted by molar-refractivity contribution is 0.629. The lowest BCUT2D eigenvalue weighted by Crippen LogP contribution is -1.88. The quantitative estimate of drug-likeness (QED) is 0.823. The Bertz CT molecular complexity index is 426. The van der Waals surface area contributed by atoms with Crippen LogP contribution in [0.1, 0.15) is 18.9 Å². The smallest absolute Gasteiger partial charge is 0.141 e. The molecule has 0 aliphatic rings. The fraction of sp³-hybridized carbons (Fsp3) is 0.200. The Kier molecular flexibility index (Phi) is 6.29. The average Bonchev–Trinajstić information content (AvgIpc) is 2.43. The van der Waals surface area contributed by atoms with Gasteiger partial charge in [-0.15, -0.1) is 0 Å². The molecular weight excluding hydrogens is 224 g/mol. The third-order valence-electron chi connectivity index (χ3n) is 2.62. The Hall–Kier alpha value is -1.38. The maximum atomic E-state index is 7.14. The maximum absolute atomic E-state index is 7.14. The van der Waals surface area contributed by atoms with Crippen LogP contribution in [0.2, 0.25) is 0 Å². The fourth-order valence-corrected chi connectivity index (χ4v) is 1.91. The van der Waals surface area contributed by atoms with E-state index in [-0.39, 0.29) is 0 Å². The number of hydrogen-bond acceptors (Lipinski definition) is 1. The Balaban J connectivity index is 0.000000686. The van der Waals surface area contributed by atoms with Gasteiger partial charge in [0, 0.05) is 0 Å². The summed E-state index contributed by atoms with van der Waals surface area (Å²) in [5, 5.41) is 0. The van der Waals surface area contributed by atoms with Crippen molar-refractivity contribution in [3.05, 3.63) is 60.2 Å². The van der Waals surface area contributed by atoms with Gasteiger partial charge in [0.05, 0.1) is 0 Å². The average molecular weight is 244 g/mol. The van der Waals surface area contributed by atoms with Crippen molar-refractivity contribution in [3.63, 3.8) is 0 Å². The van der Waals surface area contributed by atoms with Crippen LogP contribution in [0.25, 0.3) is 11.1 Å². The Morgan fingerprint density at radius 1 is 0.882 bits per heavy atom. The van der Waals surface area contributed by atoms with E-state index in [0.717, 1.165) is 6.42 Å². The molecule has 1 N–H and O–H groups in total. The molecule has 0 saturated carbocycles. The van der Waals surface area contributed by atoms with Gasteiger partial charge in [0.25, 0.3) is 0 Å². The summed E-state index contributed by atoms with van der Waals surface area (Å²) in [5.74, 6) is 0. The molecule has 2 aromatic carbocycles. The minimum atomic E-state index is 0.306. The van der Waals surface area contributed by atoms with E-state index in [2.05, 4.69) is 61.5 Å². The highest BCUT2D eigenvalue weighted by Crippen LogP contribution is 2.24. The molecule has 1 nitrogen and oxygen atoms in total. The summed E-state index contributed by atoms with van der Waals surface area (Å²) >= 11 is 0. The van der Waals surface area contributed by atoms with Crippen LogP contribution >= 0.6 is 0 Å². The van der Waals surface area contributed by atoms with E-state index in [1.54, 1.807) is 0 Å². The SMILES string of the molecule is CCCc1ccccc1-c1ccccc1.O[SiH3]. The zero-order valence-corrected chi connectivity index (χ0v) is 12.6. The van der Waals surface area contributed by atoms with Gasteiger partial charge in [-0.05, 0) is 23.1 Å². The summed E-state index contributed by atoms with van der Waals surface area (Å²) in [5.41, 5.74) is 4.15. The molecule has 0 spiro atoms. The van der Waals surface area contributed by atoms with Crippen LogP contribution in [-0.4, -0.2) is 15.3 Å². The minimum absolute atomic E-state index is 0.306. The first-order valence-corrected chi connectivity index (χ1v) is 6.89. The Morgan fingerprint density at radius 2 is 1.47 bits per heavy atom. The van der Waals surface area contributed by atoms with Crippen molar-refractivity contribution in [1.29, 1.82) is 0 Å². The van der Waals surface area contributed by atoms with Crippen molar-refractivity contribution >= 4 is 10.5 Å². The van der Waals surface area contributed by atoms with Crippen LogP contribution in [0.15, 0.2) is 54.6 Å². The number of benzene rings is 2. The predicted molar refractivity (Wildman–Crippen MR) is 78.0 cm³/mol. The van der Waals surface area contributed by atoms with Gasteiger partial charge in [-0.1, -0.05) is 67.9 Å². The summed E-state index contributed by atoms with van der Waals surface area (Å²) in [6.45, 7) is 2.22. The normalized spacial score (nSPS) is 9.53. The molecule has 0 amide bonds. The van der Waals surface area contributed by atoms with Crippen LogP contribution in [0.3, 0.4) is 0 Å². The molecular formula is C15H20OSi. The van der Waals surface area contributed by atoms with Gasteiger partial charge in [-0.3, -0.25) is 0 Å². The molecule has 90 valence electrons. The highest BCUT2D eigenvalue weighted by atomic mass is 28.2. The second kappa shape index (κ2) is 7.82. The summed E-state index contributed by atoms with van der Waals surface area (Å²) in [6, 6.07) is 19.3. The van der Waals surface area contributed by atoms with E-state index in [1.165, 1.54) is 23.1 Å². The van der Waals surface area contributed by atoms with Crippen LogP contribution in [0.5, 0.6) is 0 Å². The highest BCUT2D eigenvalue weighted by Gasteiger charge is 2.01. The van der Waals surface area contributed by atoms with Crippen LogP contribution < -0.4 is 0 Å². The molecule has 0 atom stereocenters. The highest BCUT2D eigenvalue weighted by molar-refractivity contribution is 5.95. The fourth-order valence-electron chi connectivity index (χ4n) is 1.91. The maximum Gasteiger partial charge on any atom is 0.141 e. The van der Waals surface area contributed by atoms with Crippen LogP contribution in [0.4, 0.5) is 0 Å². The van der Waals surface area contributed by atoms with E-state index in [0.29, 0.717) is 10.5 Å². The van der Waals surface area contributed by atoms with E-state index in [4.69, 9.17) is 4.80 Å². The molecule has 0 aliphatic heterocycles. The monoisotopic (exact) mass is 244 g/mol. The van der Waals surface area contributed by atoms with Crippen molar-refractivity contribution in [2.45, 2.75) is 19.8 Å². The van der Waals surface area contributed by atoms with Gasteiger partial charge in [0.1, 0.15) is 10.5 Å². The second-order valence-corrected chi connectivity index (χ2v) is 3.77. The second-order valence-electron chi connectivity index (χ2n) is 3.77. The zero-order chi connectivity index (χ0) is 12.5. The minimum Gasteiger partial charge on any atom is -0.442 e. The third kappa shape index (κ3) is 3.84. The van der Waals surface area contributed by atoms with Gasteiger partial charge < -0.3 is 4.80 Å². The van der Waals surface area contributed by atoms with Crippen molar-refractivity contribution in [2.24, 2.45) is 0 Å². The van der Waals surface area contributed by atoms with Gasteiger partial charge in [0.15, 0.2) is 0 Å². The molecule has 0 heterocycles. The standard InChI is InChI=1S/C15H16.H4OSi/c1-2-8-13-11-6-7-12-15(13)14-9-4-3-5-10-14;1-2/h3-7,9-12H,2,8H2,1H3;1H,2H3. The first-order chi connectivity index (χ1) is 8.42. The summed E-state index contributed by atoms with van der Waals surface area (Å²) < 4.78 is 0.